The molecule has 124 valence electrons. The van der Waals surface area contributed by atoms with E-state index in [2.05, 4.69) is 10.3 Å². The van der Waals surface area contributed by atoms with E-state index in [1.807, 2.05) is 11.5 Å². The van der Waals surface area contributed by atoms with Crippen molar-refractivity contribution in [1.82, 2.24) is 14.9 Å². The van der Waals surface area contributed by atoms with Crippen LogP contribution in [0.4, 0.5) is 0 Å². The monoisotopic (exact) mass is 354 g/mol. The lowest BCUT2D eigenvalue weighted by Crippen LogP contribution is -2.27. The molecule has 1 heterocycles. The van der Waals surface area contributed by atoms with Gasteiger partial charge in [0.2, 0.25) is 15.9 Å². The molecule has 0 unspecified atom stereocenters. The first-order valence-electron chi connectivity index (χ1n) is 7.33. The zero-order chi connectivity index (χ0) is 16.6. The van der Waals surface area contributed by atoms with Crippen LogP contribution in [0.25, 0.3) is 11.0 Å². The van der Waals surface area contributed by atoms with Crippen molar-refractivity contribution in [2.45, 2.75) is 42.4 Å². The van der Waals surface area contributed by atoms with Gasteiger partial charge in [-0.05, 0) is 38.0 Å². The number of rotatable bonds is 6. The second-order valence-electron chi connectivity index (χ2n) is 5.46. The zero-order valence-corrected chi connectivity index (χ0v) is 14.3. The molecule has 1 amide bonds. The van der Waals surface area contributed by atoms with Crippen LogP contribution in [0.5, 0.6) is 0 Å². The summed E-state index contributed by atoms with van der Waals surface area (Å²) >= 11 is 1.35. The summed E-state index contributed by atoms with van der Waals surface area (Å²) in [6.45, 7) is 2.65. The Morgan fingerprint density at radius 2 is 2.22 bits per heavy atom. The maximum atomic E-state index is 11.8. The van der Waals surface area contributed by atoms with Gasteiger partial charge in [0.25, 0.3) is 0 Å². The molecular formula is C14H18N4O3S2. The predicted molar refractivity (Wildman–Crippen MR) is 88.7 cm³/mol. The maximum absolute atomic E-state index is 11.8. The number of primary sulfonamides is 1. The molecule has 3 rings (SSSR count). The Morgan fingerprint density at radius 1 is 1.48 bits per heavy atom. The number of nitrogens with one attached hydrogen (secondary N) is 1. The quantitative estimate of drug-likeness (QED) is 0.755. The summed E-state index contributed by atoms with van der Waals surface area (Å²) in [5, 5.41) is 8.78. The van der Waals surface area contributed by atoms with Gasteiger partial charge in [-0.2, -0.15) is 0 Å². The molecular weight excluding hydrogens is 336 g/mol. The standard InChI is InChI=1S/C14H18N4O3S2/c1-2-18-12-6-5-10(23(15,20)21)7-11(12)17-14(18)22-8-13(19)16-9-3-4-9/h5-7,9H,2-4,8H2,1H3,(H,16,19)(H2,15,20,21). The molecule has 0 bridgehead atoms. The highest BCUT2D eigenvalue weighted by atomic mass is 32.2. The number of thioether (sulfide) groups is 1. The van der Waals surface area contributed by atoms with E-state index in [1.165, 1.54) is 23.9 Å². The Morgan fingerprint density at radius 3 is 2.83 bits per heavy atom. The number of sulfonamides is 1. The number of hydrogen-bond acceptors (Lipinski definition) is 5. The molecule has 0 spiro atoms. The van der Waals surface area contributed by atoms with Crippen molar-refractivity contribution in [2.24, 2.45) is 5.14 Å². The minimum Gasteiger partial charge on any atom is -0.353 e. The fraction of sp³-hybridized carbons (Fsp3) is 0.429. The number of benzene rings is 1. The Bertz CT molecular complexity index is 856. The molecule has 2 aromatic rings. The Labute approximate surface area is 138 Å². The highest BCUT2D eigenvalue weighted by molar-refractivity contribution is 7.99. The van der Waals surface area contributed by atoms with Crippen molar-refractivity contribution < 1.29 is 13.2 Å². The first-order chi connectivity index (χ1) is 10.9. The highest BCUT2D eigenvalue weighted by Crippen LogP contribution is 2.26. The summed E-state index contributed by atoms with van der Waals surface area (Å²) in [5.74, 6) is 0.291. The zero-order valence-electron chi connectivity index (χ0n) is 12.7. The van der Waals surface area contributed by atoms with E-state index < -0.39 is 10.0 Å². The summed E-state index contributed by atoms with van der Waals surface area (Å²) in [4.78, 5) is 16.3. The smallest absolute Gasteiger partial charge is 0.238 e. The van der Waals surface area contributed by atoms with Crippen LogP contribution in [0, 0.1) is 0 Å². The van der Waals surface area contributed by atoms with Gasteiger partial charge in [0.05, 0.1) is 21.7 Å². The number of aromatic nitrogens is 2. The fourth-order valence-corrected chi connectivity index (χ4v) is 3.73. The number of carbonyl (C=O) groups excluding carboxylic acids is 1. The number of nitrogens with zero attached hydrogens (tertiary/aromatic N) is 2. The molecule has 1 fully saturated rings. The second kappa shape index (κ2) is 6.14. The van der Waals surface area contributed by atoms with Crippen molar-refractivity contribution in [2.75, 3.05) is 5.75 Å². The van der Waals surface area contributed by atoms with Gasteiger partial charge in [-0.3, -0.25) is 4.79 Å². The number of nitrogens with two attached hydrogens (primary N) is 1. The molecule has 3 N–H and O–H groups in total. The molecule has 1 aliphatic carbocycles. The average molecular weight is 354 g/mol. The lowest BCUT2D eigenvalue weighted by atomic mass is 10.3. The number of aryl methyl sites for hydroxylation is 1. The van der Waals surface area contributed by atoms with E-state index in [-0.39, 0.29) is 10.8 Å². The van der Waals surface area contributed by atoms with Gasteiger partial charge in [-0.25, -0.2) is 18.5 Å². The van der Waals surface area contributed by atoms with E-state index in [0.717, 1.165) is 18.4 Å². The third-order valence-corrected chi connectivity index (χ3v) is 5.49. The number of imidazole rings is 1. The summed E-state index contributed by atoms with van der Waals surface area (Å²) in [7, 11) is -3.76. The number of amides is 1. The topological polar surface area (TPSA) is 107 Å². The van der Waals surface area contributed by atoms with E-state index in [0.29, 0.717) is 29.0 Å². The molecule has 1 aromatic heterocycles. The third-order valence-electron chi connectivity index (χ3n) is 3.60. The van der Waals surface area contributed by atoms with Crippen molar-refractivity contribution >= 4 is 38.7 Å². The number of fused-ring (bicyclic) bond motifs is 1. The summed E-state index contributed by atoms with van der Waals surface area (Å²) in [6.07, 6.45) is 2.11. The highest BCUT2D eigenvalue weighted by Gasteiger charge is 2.23. The fourth-order valence-electron chi connectivity index (χ4n) is 2.31. The lowest BCUT2D eigenvalue weighted by Gasteiger charge is -2.06. The minimum atomic E-state index is -3.76. The van der Waals surface area contributed by atoms with Gasteiger partial charge >= 0.3 is 0 Å². The Hall–Kier alpha value is -1.58. The van der Waals surface area contributed by atoms with Crippen LogP contribution >= 0.6 is 11.8 Å². The summed E-state index contributed by atoms with van der Waals surface area (Å²) in [5.41, 5.74) is 1.38. The van der Waals surface area contributed by atoms with E-state index in [4.69, 9.17) is 5.14 Å². The average Bonchev–Trinajstić information content (AvgIpc) is 3.22. The molecule has 9 heteroatoms. The molecule has 0 atom stereocenters. The molecule has 0 aliphatic heterocycles. The normalized spacial score (nSPS) is 15.0. The van der Waals surface area contributed by atoms with Gasteiger partial charge in [0, 0.05) is 12.6 Å². The molecule has 1 aromatic carbocycles. The van der Waals surface area contributed by atoms with Crippen LogP contribution in [-0.2, 0) is 21.4 Å². The molecule has 0 saturated heterocycles. The first kappa shape index (κ1) is 16.3. The van der Waals surface area contributed by atoms with Gasteiger partial charge < -0.3 is 9.88 Å². The van der Waals surface area contributed by atoms with Crippen LogP contribution in [0.1, 0.15) is 19.8 Å². The van der Waals surface area contributed by atoms with E-state index >= 15 is 0 Å². The van der Waals surface area contributed by atoms with Crippen molar-refractivity contribution in [3.8, 4) is 0 Å². The first-order valence-corrected chi connectivity index (χ1v) is 9.87. The summed E-state index contributed by atoms with van der Waals surface area (Å²) in [6, 6.07) is 4.97. The van der Waals surface area contributed by atoms with Crippen molar-refractivity contribution in [1.29, 1.82) is 0 Å². The predicted octanol–water partition coefficient (Wildman–Crippen LogP) is 1.07. The van der Waals surface area contributed by atoms with Gasteiger partial charge in [0.15, 0.2) is 5.16 Å². The second-order valence-corrected chi connectivity index (χ2v) is 7.97. The van der Waals surface area contributed by atoms with Crippen molar-refractivity contribution in [3.05, 3.63) is 18.2 Å². The number of carbonyl (C=O) groups is 1. The van der Waals surface area contributed by atoms with E-state index in [9.17, 15) is 13.2 Å². The Balaban J connectivity index is 1.85. The van der Waals surface area contributed by atoms with Crippen LogP contribution in [0.15, 0.2) is 28.3 Å². The van der Waals surface area contributed by atoms with Crippen LogP contribution in [0.2, 0.25) is 0 Å². The van der Waals surface area contributed by atoms with Gasteiger partial charge in [-0.1, -0.05) is 11.8 Å². The van der Waals surface area contributed by atoms with Gasteiger partial charge in [0.1, 0.15) is 0 Å². The molecule has 1 aliphatic rings. The molecule has 1 saturated carbocycles. The van der Waals surface area contributed by atoms with Crippen LogP contribution in [-0.4, -0.2) is 35.7 Å². The maximum Gasteiger partial charge on any atom is 0.238 e. The third kappa shape index (κ3) is 3.67. The largest absolute Gasteiger partial charge is 0.353 e. The van der Waals surface area contributed by atoms with Crippen molar-refractivity contribution in [3.63, 3.8) is 0 Å². The SMILES string of the molecule is CCn1c(SCC(=O)NC2CC2)nc2cc(S(N)(=O)=O)ccc21. The van der Waals surface area contributed by atoms with Gasteiger partial charge in [-0.15, -0.1) is 0 Å². The summed E-state index contributed by atoms with van der Waals surface area (Å²) < 4.78 is 24.8. The Kier molecular flexibility index (Phi) is 4.35. The minimum absolute atomic E-state index is 0.00238. The number of hydrogen-bond donors (Lipinski definition) is 2. The molecule has 23 heavy (non-hydrogen) atoms. The van der Waals surface area contributed by atoms with E-state index in [1.54, 1.807) is 6.07 Å². The van der Waals surface area contributed by atoms with Crippen LogP contribution in [0.3, 0.4) is 0 Å². The lowest BCUT2D eigenvalue weighted by molar-refractivity contribution is -0.118. The van der Waals surface area contributed by atoms with Crippen LogP contribution < -0.4 is 10.5 Å². The molecule has 0 radical (unpaired) electrons. The molecule has 7 nitrogen and oxygen atoms in total.